The van der Waals surface area contributed by atoms with E-state index in [2.05, 4.69) is 4.98 Å². The fourth-order valence-corrected chi connectivity index (χ4v) is 3.16. The first-order chi connectivity index (χ1) is 8.66. The molecule has 5 heteroatoms. The first-order valence-electron chi connectivity index (χ1n) is 6.32. The minimum Gasteiger partial charge on any atom is -0.393 e. The molecule has 3 rings (SSSR count). The molecular weight excluding hydrogens is 232 g/mol. The number of hydrogen-bond acceptors (Lipinski definition) is 3. The third-order valence-electron chi connectivity index (χ3n) is 4.15. The number of rotatable bonds is 1. The molecule has 0 spiro atoms. The molecule has 0 bridgehead atoms. The Bertz CT molecular complexity index is 525. The summed E-state index contributed by atoms with van der Waals surface area (Å²) in [5.74, 6) is 0.363. The van der Waals surface area contributed by atoms with Crippen molar-refractivity contribution in [1.82, 2.24) is 9.88 Å². The number of pyridine rings is 1. The van der Waals surface area contributed by atoms with E-state index in [1.807, 2.05) is 0 Å². The Balaban J connectivity index is 1.80. The predicted molar refractivity (Wildman–Crippen MR) is 65.2 cm³/mol. The molecule has 1 amide bonds. The number of H-pyrrole nitrogens is 1. The number of fused-ring (bicyclic) bond motifs is 1. The average Bonchev–Trinajstić information content (AvgIpc) is 2.92. The van der Waals surface area contributed by atoms with E-state index in [4.69, 9.17) is 0 Å². The summed E-state index contributed by atoms with van der Waals surface area (Å²) in [5.41, 5.74) is -0.160. The first-order valence-corrected chi connectivity index (χ1v) is 6.32. The zero-order chi connectivity index (χ0) is 12.7. The van der Waals surface area contributed by atoms with Gasteiger partial charge in [-0.2, -0.15) is 0 Å². The van der Waals surface area contributed by atoms with Gasteiger partial charge in [-0.3, -0.25) is 9.59 Å². The molecule has 2 aliphatic rings. The molecule has 96 valence electrons. The molecule has 0 aromatic carbocycles. The van der Waals surface area contributed by atoms with Crippen molar-refractivity contribution in [2.75, 3.05) is 13.1 Å². The third kappa shape index (κ3) is 1.75. The molecule has 1 aliphatic carbocycles. The van der Waals surface area contributed by atoms with Crippen molar-refractivity contribution in [3.8, 4) is 0 Å². The molecule has 1 saturated carbocycles. The van der Waals surface area contributed by atoms with Crippen molar-refractivity contribution in [2.24, 2.45) is 11.8 Å². The largest absolute Gasteiger partial charge is 0.393 e. The van der Waals surface area contributed by atoms with Crippen molar-refractivity contribution >= 4 is 5.91 Å². The highest BCUT2D eigenvalue weighted by molar-refractivity contribution is 5.94. The van der Waals surface area contributed by atoms with Crippen LogP contribution in [0.4, 0.5) is 0 Å². The number of amides is 1. The maximum atomic E-state index is 12.2. The van der Waals surface area contributed by atoms with Gasteiger partial charge in [0, 0.05) is 25.2 Å². The maximum absolute atomic E-state index is 12.2. The van der Waals surface area contributed by atoms with Gasteiger partial charge in [0.15, 0.2) is 0 Å². The number of nitrogens with one attached hydrogen (secondary N) is 1. The van der Waals surface area contributed by atoms with E-state index in [0.29, 0.717) is 19.0 Å². The number of aliphatic hydroxyl groups excluding tert-OH is 1. The maximum Gasteiger partial charge on any atom is 0.260 e. The Morgan fingerprint density at radius 3 is 2.94 bits per heavy atom. The summed E-state index contributed by atoms with van der Waals surface area (Å²) < 4.78 is 0. The lowest BCUT2D eigenvalue weighted by Crippen LogP contribution is -2.34. The summed E-state index contributed by atoms with van der Waals surface area (Å²) in [6.07, 6.45) is 3.04. The van der Waals surface area contributed by atoms with Gasteiger partial charge in [-0.25, -0.2) is 0 Å². The van der Waals surface area contributed by atoms with Crippen molar-refractivity contribution in [1.29, 1.82) is 0 Å². The minimum atomic E-state index is -0.347. The second-order valence-electron chi connectivity index (χ2n) is 5.19. The van der Waals surface area contributed by atoms with Crippen LogP contribution in [0.15, 0.2) is 23.1 Å². The Labute approximate surface area is 104 Å². The lowest BCUT2D eigenvalue weighted by atomic mass is 10.00. The topological polar surface area (TPSA) is 73.4 Å². The molecule has 2 heterocycles. The Kier molecular flexibility index (Phi) is 2.70. The van der Waals surface area contributed by atoms with Gasteiger partial charge in [-0.1, -0.05) is 0 Å². The number of hydrogen-bond donors (Lipinski definition) is 2. The highest BCUT2D eigenvalue weighted by Crippen LogP contribution is 2.38. The predicted octanol–water partition coefficient (Wildman–Crippen LogP) is 0.218. The van der Waals surface area contributed by atoms with Crippen molar-refractivity contribution in [3.63, 3.8) is 0 Å². The van der Waals surface area contributed by atoms with Gasteiger partial charge in [0.2, 0.25) is 0 Å². The summed E-state index contributed by atoms with van der Waals surface area (Å²) in [6.45, 7) is 1.23. The van der Waals surface area contributed by atoms with E-state index >= 15 is 0 Å². The minimum absolute atomic E-state index is 0.187. The molecular formula is C13H16N2O3. The molecule has 1 aromatic rings. The van der Waals surface area contributed by atoms with Crippen LogP contribution in [0.5, 0.6) is 0 Å². The Morgan fingerprint density at radius 1 is 1.39 bits per heavy atom. The summed E-state index contributed by atoms with van der Waals surface area (Å²) in [6, 6.07) is 3.20. The molecule has 1 aromatic heterocycles. The lowest BCUT2D eigenvalue weighted by Gasteiger charge is -2.17. The van der Waals surface area contributed by atoms with E-state index < -0.39 is 0 Å². The highest BCUT2D eigenvalue weighted by Gasteiger charge is 2.43. The van der Waals surface area contributed by atoms with Crippen LogP contribution < -0.4 is 5.56 Å². The summed E-state index contributed by atoms with van der Waals surface area (Å²) in [5, 5.41) is 9.82. The monoisotopic (exact) mass is 248 g/mol. The molecule has 5 nitrogen and oxygen atoms in total. The fourth-order valence-electron chi connectivity index (χ4n) is 3.16. The van der Waals surface area contributed by atoms with E-state index in [9.17, 15) is 14.7 Å². The third-order valence-corrected chi connectivity index (χ3v) is 4.15. The number of aliphatic hydroxyl groups is 1. The number of carbonyl (C=O) groups is 1. The van der Waals surface area contributed by atoms with Crippen LogP contribution >= 0.6 is 0 Å². The van der Waals surface area contributed by atoms with Gasteiger partial charge >= 0.3 is 0 Å². The van der Waals surface area contributed by atoms with Gasteiger partial charge in [0.1, 0.15) is 5.56 Å². The zero-order valence-corrected chi connectivity index (χ0v) is 10.0. The van der Waals surface area contributed by atoms with E-state index in [-0.39, 0.29) is 29.1 Å². The van der Waals surface area contributed by atoms with Gasteiger partial charge < -0.3 is 15.0 Å². The second-order valence-corrected chi connectivity index (χ2v) is 5.19. The average molecular weight is 248 g/mol. The number of carbonyl (C=O) groups excluding carboxylic acids is 1. The second kappa shape index (κ2) is 4.24. The number of likely N-dealkylation sites (tertiary alicyclic amines) is 1. The normalized spacial score (nSPS) is 30.5. The Morgan fingerprint density at radius 2 is 2.22 bits per heavy atom. The SMILES string of the molecule is O=C(c1ccc[nH]c1=O)N1CC2CCC(O)C2C1. The van der Waals surface area contributed by atoms with E-state index in [0.717, 1.165) is 12.8 Å². The lowest BCUT2D eigenvalue weighted by molar-refractivity contribution is 0.0750. The zero-order valence-electron chi connectivity index (χ0n) is 10.0. The molecule has 1 aliphatic heterocycles. The number of aromatic nitrogens is 1. The summed E-state index contributed by atoms with van der Waals surface area (Å²) in [7, 11) is 0. The molecule has 3 atom stereocenters. The number of nitrogens with zero attached hydrogens (tertiary/aromatic N) is 1. The fraction of sp³-hybridized carbons (Fsp3) is 0.538. The van der Waals surface area contributed by atoms with E-state index in [1.54, 1.807) is 17.0 Å². The molecule has 1 saturated heterocycles. The standard InChI is InChI=1S/C13H16N2O3/c16-11-4-3-8-6-15(7-10(8)11)13(18)9-2-1-5-14-12(9)17/h1-2,5,8,10-11,16H,3-4,6-7H2,(H,14,17). The van der Waals surface area contributed by atoms with Gasteiger partial charge in [-0.15, -0.1) is 0 Å². The smallest absolute Gasteiger partial charge is 0.260 e. The molecule has 18 heavy (non-hydrogen) atoms. The summed E-state index contributed by atoms with van der Waals surface area (Å²) in [4.78, 5) is 28.0. The van der Waals surface area contributed by atoms with Crippen LogP contribution in [0.1, 0.15) is 23.2 Å². The van der Waals surface area contributed by atoms with Crippen LogP contribution in [0, 0.1) is 11.8 Å². The van der Waals surface area contributed by atoms with Gasteiger partial charge in [-0.05, 0) is 30.9 Å². The van der Waals surface area contributed by atoms with Crippen LogP contribution in [0.3, 0.4) is 0 Å². The van der Waals surface area contributed by atoms with Crippen LogP contribution in [0.2, 0.25) is 0 Å². The summed E-state index contributed by atoms with van der Waals surface area (Å²) >= 11 is 0. The van der Waals surface area contributed by atoms with Crippen molar-refractivity contribution in [2.45, 2.75) is 18.9 Å². The molecule has 3 unspecified atom stereocenters. The quantitative estimate of drug-likeness (QED) is 0.746. The number of aromatic amines is 1. The van der Waals surface area contributed by atoms with Crippen LogP contribution in [0.25, 0.3) is 0 Å². The first kappa shape index (κ1) is 11.5. The molecule has 0 radical (unpaired) electrons. The van der Waals surface area contributed by atoms with E-state index in [1.165, 1.54) is 6.20 Å². The van der Waals surface area contributed by atoms with Crippen molar-refractivity contribution < 1.29 is 9.90 Å². The Hall–Kier alpha value is -1.62. The van der Waals surface area contributed by atoms with Gasteiger partial charge in [0.25, 0.3) is 11.5 Å². The molecule has 2 fully saturated rings. The van der Waals surface area contributed by atoms with Crippen LogP contribution in [-0.4, -0.2) is 40.1 Å². The van der Waals surface area contributed by atoms with Crippen molar-refractivity contribution in [3.05, 3.63) is 34.2 Å². The van der Waals surface area contributed by atoms with Gasteiger partial charge in [0.05, 0.1) is 6.10 Å². The molecule has 2 N–H and O–H groups in total. The van der Waals surface area contributed by atoms with Crippen LogP contribution in [-0.2, 0) is 0 Å². The highest BCUT2D eigenvalue weighted by atomic mass is 16.3.